The quantitative estimate of drug-likeness (QED) is 0.918. The molecule has 1 aromatic carbocycles. The lowest BCUT2D eigenvalue weighted by Gasteiger charge is -2.02. The second kappa shape index (κ2) is 5.29. The molecule has 2 N–H and O–H groups in total. The van der Waals surface area contributed by atoms with Gasteiger partial charge in [-0.05, 0) is 25.5 Å². The summed E-state index contributed by atoms with van der Waals surface area (Å²) in [7, 11) is 0. The normalized spacial score (nSPS) is 12.7. The topological polar surface area (TPSA) is 38.9 Å². The van der Waals surface area contributed by atoms with Crippen LogP contribution in [0.4, 0.5) is 0 Å². The zero-order chi connectivity index (χ0) is 12.4. The Kier molecular flexibility index (Phi) is 3.97. The molecule has 1 heterocycles. The summed E-state index contributed by atoms with van der Waals surface area (Å²) < 4.78 is 1.07. The smallest absolute Gasteiger partial charge is 0.110 e. The summed E-state index contributed by atoms with van der Waals surface area (Å²) in [4.78, 5) is 5.89. The first kappa shape index (κ1) is 12.7. The zero-order valence-corrected chi connectivity index (χ0v) is 12.3. The van der Waals surface area contributed by atoms with Crippen LogP contribution < -0.4 is 5.73 Å². The molecule has 0 saturated heterocycles. The summed E-state index contributed by atoms with van der Waals surface area (Å²) in [6, 6.07) is 8.26. The van der Waals surface area contributed by atoms with E-state index in [-0.39, 0.29) is 6.04 Å². The minimum atomic E-state index is 0.0552. The number of rotatable bonds is 3. The molecule has 0 saturated carbocycles. The van der Waals surface area contributed by atoms with Crippen molar-refractivity contribution in [2.24, 2.45) is 5.73 Å². The number of nitrogens with zero attached hydrogens (tertiary/aromatic N) is 1. The van der Waals surface area contributed by atoms with E-state index in [1.165, 1.54) is 4.88 Å². The maximum atomic E-state index is 6.02. The van der Waals surface area contributed by atoms with Gasteiger partial charge in [0.1, 0.15) is 5.01 Å². The molecule has 4 heteroatoms. The highest BCUT2D eigenvalue weighted by atomic mass is 79.9. The van der Waals surface area contributed by atoms with Crippen molar-refractivity contribution in [3.8, 4) is 11.3 Å². The van der Waals surface area contributed by atoms with Crippen LogP contribution in [0.25, 0.3) is 11.3 Å². The van der Waals surface area contributed by atoms with E-state index in [9.17, 15) is 0 Å². The van der Waals surface area contributed by atoms with E-state index < -0.39 is 0 Å². The van der Waals surface area contributed by atoms with Gasteiger partial charge in [0.2, 0.25) is 0 Å². The number of aromatic nitrogens is 1. The molecule has 90 valence electrons. The van der Waals surface area contributed by atoms with Gasteiger partial charge in [-0.3, -0.25) is 0 Å². The molecule has 2 nitrogen and oxygen atoms in total. The van der Waals surface area contributed by atoms with Gasteiger partial charge >= 0.3 is 0 Å². The van der Waals surface area contributed by atoms with Gasteiger partial charge in [0.25, 0.3) is 0 Å². The predicted octanol–water partition coefficient (Wildman–Crippen LogP) is 4.29. The largest absolute Gasteiger partial charge is 0.322 e. The lowest BCUT2D eigenvalue weighted by molar-refractivity contribution is 0.693. The van der Waals surface area contributed by atoms with Crippen molar-refractivity contribution < 1.29 is 0 Å². The zero-order valence-electron chi connectivity index (χ0n) is 9.90. The van der Waals surface area contributed by atoms with E-state index in [0.29, 0.717) is 0 Å². The molecule has 0 fully saturated rings. The van der Waals surface area contributed by atoms with E-state index in [4.69, 9.17) is 5.73 Å². The highest BCUT2D eigenvalue weighted by Gasteiger charge is 2.13. The fourth-order valence-electron chi connectivity index (χ4n) is 1.65. The molecular weight excluding hydrogens is 296 g/mol. The second-order valence-electron chi connectivity index (χ2n) is 3.98. The summed E-state index contributed by atoms with van der Waals surface area (Å²) in [5.41, 5.74) is 8.22. The Morgan fingerprint density at radius 3 is 2.88 bits per heavy atom. The molecule has 1 unspecified atom stereocenters. The van der Waals surface area contributed by atoms with Gasteiger partial charge in [0.05, 0.1) is 11.7 Å². The highest BCUT2D eigenvalue weighted by molar-refractivity contribution is 9.10. The first-order chi connectivity index (χ1) is 8.11. The Labute approximate surface area is 114 Å². The minimum absolute atomic E-state index is 0.0552. The maximum absolute atomic E-state index is 6.02. The van der Waals surface area contributed by atoms with Crippen molar-refractivity contribution in [2.75, 3.05) is 0 Å². The molecule has 17 heavy (non-hydrogen) atoms. The molecule has 0 aliphatic carbocycles. The van der Waals surface area contributed by atoms with Crippen LogP contribution in [0, 0.1) is 6.92 Å². The van der Waals surface area contributed by atoms with Crippen LogP contribution in [0.5, 0.6) is 0 Å². The Morgan fingerprint density at radius 1 is 1.47 bits per heavy atom. The monoisotopic (exact) mass is 310 g/mol. The summed E-state index contributed by atoms with van der Waals surface area (Å²) in [5, 5.41) is 1.03. The Bertz CT molecular complexity index is 522. The van der Waals surface area contributed by atoms with Gasteiger partial charge in [-0.1, -0.05) is 35.0 Å². The Hall–Kier alpha value is -0.710. The first-order valence-electron chi connectivity index (χ1n) is 5.60. The molecule has 0 spiro atoms. The van der Waals surface area contributed by atoms with E-state index in [2.05, 4.69) is 46.9 Å². The van der Waals surface area contributed by atoms with Crippen LogP contribution in [-0.2, 0) is 0 Å². The standard InChI is InChI=1S/C13H15BrN2S/c1-3-11(15)13-16-12(8(2)17-13)9-5-4-6-10(14)7-9/h4-7,11H,3,15H2,1-2H3. The van der Waals surface area contributed by atoms with E-state index in [0.717, 1.165) is 27.2 Å². The van der Waals surface area contributed by atoms with E-state index >= 15 is 0 Å². The summed E-state index contributed by atoms with van der Waals surface area (Å²) in [6.07, 6.45) is 0.922. The third-order valence-electron chi connectivity index (χ3n) is 2.67. The molecule has 0 aliphatic rings. The number of hydrogen-bond acceptors (Lipinski definition) is 3. The van der Waals surface area contributed by atoms with Crippen LogP contribution in [-0.4, -0.2) is 4.98 Å². The molecule has 1 atom stereocenters. The predicted molar refractivity (Wildman–Crippen MR) is 77.2 cm³/mol. The fraction of sp³-hybridized carbons (Fsp3) is 0.308. The number of benzene rings is 1. The molecular formula is C13H15BrN2S. The van der Waals surface area contributed by atoms with Gasteiger partial charge in [-0.15, -0.1) is 11.3 Å². The Balaban J connectivity index is 2.42. The average molecular weight is 311 g/mol. The van der Waals surface area contributed by atoms with Gasteiger partial charge in [0, 0.05) is 14.9 Å². The van der Waals surface area contributed by atoms with Crippen molar-refractivity contribution in [1.82, 2.24) is 4.98 Å². The molecule has 1 aromatic heterocycles. The number of nitrogens with two attached hydrogens (primary N) is 1. The van der Waals surface area contributed by atoms with Crippen molar-refractivity contribution >= 4 is 27.3 Å². The first-order valence-corrected chi connectivity index (χ1v) is 7.21. The van der Waals surface area contributed by atoms with Gasteiger partial charge < -0.3 is 5.73 Å². The lowest BCUT2D eigenvalue weighted by Crippen LogP contribution is -2.07. The molecule has 0 amide bonds. The summed E-state index contributed by atoms with van der Waals surface area (Å²) in [6.45, 7) is 4.18. The van der Waals surface area contributed by atoms with Crippen LogP contribution in [0.15, 0.2) is 28.7 Å². The van der Waals surface area contributed by atoms with Crippen molar-refractivity contribution in [1.29, 1.82) is 0 Å². The lowest BCUT2D eigenvalue weighted by atomic mass is 10.1. The Morgan fingerprint density at radius 2 is 2.24 bits per heavy atom. The molecule has 0 radical (unpaired) electrons. The number of halogens is 1. The van der Waals surface area contributed by atoms with Crippen LogP contribution in [0.1, 0.15) is 29.3 Å². The number of thiazole rings is 1. The van der Waals surface area contributed by atoms with Crippen molar-refractivity contribution in [3.05, 3.63) is 38.6 Å². The molecule has 2 aromatic rings. The second-order valence-corrected chi connectivity index (χ2v) is 6.13. The van der Waals surface area contributed by atoms with Gasteiger partial charge in [-0.2, -0.15) is 0 Å². The average Bonchev–Trinajstić information content (AvgIpc) is 2.70. The minimum Gasteiger partial charge on any atom is -0.322 e. The maximum Gasteiger partial charge on any atom is 0.110 e. The highest BCUT2D eigenvalue weighted by Crippen LogP contribution is 2.31. The molecule has 0 bridgehead atoms. The fourth-order valence-corrected chi connectivity index (χ4v) is 3.08. The van der Waals surface area contributed by atoms with Crippen molar-refractivity contribution in [3.63, 3.8) is 0 Å². The SMILES string of the molecule is CCC(N)c1nc(-c2cccc(Br)c2)c(C)s1. The number of hydrogen-bond donors (Lipinski definition) is 1. The van der Waals surface area contributed by atoms with Crippen LogP contribution in [0.2, 0.25) is 0 Å². The van der Waals surface area contributed by atoms with E-state index in [1.54, 1.807) is 11.3 Å². The van der Waals surface area contributed by atoms with Gasteiger partial charge in [-0.25, -0.2) is 4.98 Å². The third kappa shape index (κ3) is 2.76. The van der Waals surface area contributed by atoms with Crippen molar-refractivity contribution in [2.45, 2.75) is 26.3 Å². The number of aryl methyl sites for hydroxylation is 1. The third-order valence-corrected chi connectivity index (χ3v) is 4.26. The summed E-state index contributed by atoms with van der Waals surface area (Å²) >= 11 is 5.18. The van der Waals surface area contributed by atoms with Crippen LogP contribution in [0.3, 0.4) is 0 Å². The van der Waals surface area contributed by atoms with Crippen LogP contribution >= 0.6 is 27.3 Å². The molecule has 0 aliphatic heterocycles. The molecule has 2 rings (SSSR count). The van der Waals surface area contributed by atoms with Gasteiger partial charge in [0.15, 0.2) is 0 Å². The van der Waals surface area contributed by atoms with E-state index in [1.807, 2.05) is 12.1 Å². The summed E-state index contributed by atoms with van der Waals surface area (Å²) in [5.74, 6) is 0.